The monoisotopic (exact) mass is 294 g/mol. The van der Waals surface area contributed by atoms with Crippen LogP contribution in [-0.2, 0) is 0 Å². The van der Waals surface area contributed by atoms with E-state index in [1.807, 2.05) is 11.8 Å². The van der Waals surface area contributed by atoms with Gasteiger partial charge in [0, 0.05) is 13.1 Å². The van der Waals surface area contributed by atoms with Gasteiger partial charge in [0.1, 0.15) is 11.6 Å². The Morgan fingerprint density at radius 3 is 2.95 bits per heavy atom. The third-order valence-corrected chi connectivity index (χ3v) is 3.75. The SMILES string of the molecule is CCNc1cc([N+](=O)[O-])cc(N2CCCCCC2CO)n1. The van der Waals surface area contributed by atoms with Crippen molar-refractivity contribution in [2.45, 2.75) is 38.6 Å². The lowest BCUT2D eigenvalue weighted by Crippen LogP contribution is -2.38. The summed E-state index contributed by atoms with van der Waals surface area (Å²) >= 11 is 0. The minimum atomic E-state index is -0.405. The molecule has 1 fully saturated rings. The van der Waals surface area contributed by atoms with Crippen LogP contribution < -0.4 is 10.2 Å². The number of aliphatic hydroxyl groups excluding tert-OH is 1. The molecule has 0 bridgehead atoms. The first-order valence-corrected chi connectivity index (χ1v) is 7.43. The maximum Gasteiger partial charge on any atom is 0.276 e. The molecule has 7 heteroatoms. The smallest absolute Gasteiger partial charge is 0.276 e. The number of pyridine rings is 1. The molecule has 1 aliphatic heterocycles. The number of nitrogens with zero attached hydrogens (tertiary/aromatic N) is 3. The van der Waals surface area contributed by atoms with E-state index in [9.17, 15) is 15.2 Å². The van der Waals surface area contributed by atoms with E-state index in [0.29, 0.717) is 18.2 Å². The van der Waals surface area contributed by atoms with Crippen molar-refractivity contribution in [1.29, 1.82) is 0 Å². The molecule has 1 saturated heterocycles. The maximum atomic E-state index is 11.1. The van der Waals surface area contributed by atoms with Crippen LogP contribution in [0.5, 0.6) is 0 Å². The Balaban J connectivity index is 2.37. The van der Waals surface area contributed by atoms with Crippen molar-refractivity contribution in [2.75, 3.05) is 29.9 Å². The quantitative estimate of drug-likeness (QED) is 0.638. The molecule has 0 radical (unpaired) electrons. The summed E-state index contributed by atoms with van der Waals surface area (Å²) in [6.45, 7) is 3.38. The van der Waals surface area contributed by atoms with Crippen LogP contribution in [0.2, 0.25) is 0 Å². The van der Waals surface area contributed by atoms with Gasteiger partial charge in [0.2, 0.25) is 0 Å². The van der Waals surface area contributed by atoms with Gasteiger partial charge in [0.15, 0.2) is 0 Å². The molecule has 1 aliphatic rings. The lowest BCUT2D eigenvalue weighted by molar-refractivity contribution is -0.384. The van der Waals surface area contributed by atoms with E-state index in [1.54, 1.807) is 0 Å². The van der Waals surface area contributed by atoms with Gasteiger partial charge in [-0.1, -0.05) is 12.8 Å². The van der Waals surface area contributed by atoms with E-state index >= 15 is 0 Å². The van der Waals surface area contributed by atoms with Crippen molar-refractivity contribution in [3.05, 3.63) is 22.2 Å². The molecular weight excluding hydrogens is 272 g/mol. The van der Waals surface area contributed by atoms with Crippen LogP contribution in [0.15, 0.2) is 12.1 Å². The van der Waals surface area contributed by atoms with Crippen molar-refractivity contribution in [3.8, 4) is 0 Å². The Morgan fingerprint density at radius 1 is 1.48 bits per heavy atom. The molecule has 1 aromatic rings. The molecule has 1 atom stereocenters. The summed E-state index contributed by atoms with van der Waals surface area (Å²) in [5, 5.41) is 23.7. The maximum absolute atomic E-state index is 11.1. The summed E-state index contributed by atoms with van der Waals surface area (Å²) in [7, 11) is 0. The summed E-state index contributed by atoms with van der Waals surface area (Å²) in [4.78, 5) is 17.2. The zero-order valence-electron chi connectivity index (χ0n) is 12.3. The number of nitro groups is 1. The first-order chi connectivity index (χ1) is 10.2. The van der Waals surface area contributed by atoms with Crippen molar-refractivity contribution in [3.63, 3.8) is 0 Å². The van der Waals surface area contributed by atoms with Crippen molar-refractivity contribution < 1.29 is 10.0 Å². The fraction of sp³-hybridized carbons (Fsp3) is 0.643. The van der Waals surface area contributed by atoms with Gasteiger partial charge in [0.25, 0.3) is 5.69 Å². The molecule has 7 nitrogen and oxygen atoms in total. The second-order valence-corrected chi connectivity index (χ2v) is 5.24. The van der Waals surface area contributed by atoms with Crippen LogP contribution in [-0.4, -0.2) is 40.8 Å². The summed E-state index contributed by atoms with van der Waals surface area (Å²) in [6.07, 6.45) is 4.08. The first kappa shape index (κ1) is 15.5. The highest BCUT2D eigenvalue weighted by Gasteiger charge is 2.24. The summed E-state index contributed by atoms with van der Waals surface area (Å²) in [5.74, 6) is 1.07. The third kappa shape index (κ3) is 3.81. The second-order valence-electron chi connectivity index (χ2n) is 5.24. The van der Waals surface area contributed by atoms with Crippen LogP contribution in [0, 0.1) is 10.1 Å². The Hall–Kier alpha value is -1.89. The largest absolute Gasteiger partial charge is 0.394 e. The Morgan fingerprint density at radius 2 is 2.29 bits per heavy atom. The predicted octanol–water partition coefficient (Wildman–Crippen LogP) is 2.16. The number of aliphatic hydroxyl groups is 1. The van der Waals surface area contributed by atoms with Crippen molar-refractivity contribution in [1.82, 2.24) is 4.98 Å². The molecule has 21 heavy (non-hydrogen) atoms. The number of nitrogens with one attached hydrogen (secondary N) is 1. The van der Waals surface area contributed by atoms with Crippen molar-refractivity contribution in [2.24, 2.45) is 0 Å². The van der Waals surface area contributed by atoms with Crippen LogP contribution in [0.3, 0.4) is 0 Å². The van der Waals surface area contributed by atoms with E-state index in [2.05, 4.69) is 10.3 Å². The molecule has 0 aliphatic carbocycles. The minimum Gasteiger partial charge on any atom is -0.394 e. The van der Waals surface area contributed by atoms with Gasteiger partial charge in [-0.3, -0.25) is 10.1 Å². The predicted molar refractivity (Wildman–Crippen MR) is 81.7 cm³/mol. The van der Waals surface area contributed by atoms with Crippen LogP contribution in [0.1, 0.15) is 32.6 Å². The molecule has 0 amide bonds. The fourth-order valence-corrected chi connectivity index (χ4v) is 2.69. The topological polar surface area (TPSA) is 91.5 Å². The van der Waals surface area contributed by atoms with E-state index in [1.165, 1.54) is 12.1 Å². The standard InChI is InChI=1S/C14H22N4O3/c1-2-15-13-8-12(18(20)21)9-14(16-13)17-7-5-3-4-6-11(17)10-19/h8-9,11,19H,2-7,10H2,1H3,(H,15,16). The molecular formula is C14H22N4O3. The number of aromatic nitrogens is 1. The van der Waals surface area contributed by atoms with Gasteiger partial charge >= 0.3 is 0 Å². The molecule has 2 heterocycles. The summed E-state index contributed by atoms with van der Waals surface area (Å²) in [5.41, 5.74) is 0.0249. The van der Waals surface area contributed by atoms with Gasteiger partial charge in [-0.05, 0) is 19.8 Å². The highest BCUT2D eigenvalue weighted by molar-refractivity contribution is 5.56. The first-order valence-electron chi connectivity index (χ1n) is 7.43. The molecule has 2 rings (SSSR count). The fourth-order valence-electron chi connectivity index (χ4n) is 2.69. The summed E-state index contributed by atoms with van der Waals surface area (Å²) in [6, 6.07) is 2.92. The molecule has 1 unspecified atom stereocenters. The van der Waals surface area contributed by atoms with Gasteiger partial charge < -0.3 is 15.3 Å². The second kappa shape index (κ2) is 7.21. The van der Waals surface area contributed by atoms with Crippen LogP contribution in [0.25, 0.3) is 0 Å². The van der Waals surface area contributed by atoms with Crippen LogP contribution in [0.4, 0.5) is 17.3 Å². The Kier molecular flexibility index (Phi) is 5.32. The van der Waals surface area contributed by atoms with Crippen molar-refractivity contribution >= 4 is 17.3 Å². The Bertz CT molecular complexity index is 495. The molecule has 0 saturated carbocycles. The number of rotatable bonds is 5. The lowest BCUT2D eigenvalue weighted by atomic mass is 10.1. The normalized spacial score (nSPS) is 19.1. The number of hydrogen-bond donors (Lipinski definition) is 2. The van der Waals surface area contributed by atoms with E-state index < -0.39 is 4.92 Å². The molecule has 0 aromatic carbocycles. The zero-order valence-corrected chi connectivity index (χ0v) is 12.3. The molecule has 2 N–H and O–H groups in total. The number of hydrogen-bond acceptors (Lipinski definition) is 6. The van der Waals surface area contributed by atoms with Gasteiger partial charge in [-0.25, -0.2) is 4.98 Å². The van der Waals surface area contributed by atoms with Crippen LogP contribution >= 0.6 is 0 Å². The highest BCUT2D eigenvalue weighted by atomic mass is 16.6. The van der Waals surface area contributed by atoms with E-state index in [0.717, 1.165) is 32.2 Å². The average Bonchev–Trinajstić information content (AvgIpc) is 2.72. The minimum absolute atomic E-state index is 0.0171. The Labute approximate surface area is 124 Å². The zero-order chi connectivity index (χ0) is 15.2. The van der Waals surface area contributed by atoms with E-state index in [4.69, 9.17) is 0 Å². The summed E-state index contributed by atoms with van der Waals surface area (Å²) < 4.78 is 0. The van der Waals surface area contributed by atoms with Gasteiger partial charge in [0.05, 0.1) is 29.7 Å². The third-order valence-electron chi connectivity index (χ3n) is 3.75. The molecule has 0 spiro atoms. The number of anilines is 2. The van der Waals surface area contributed by atoms with Gasteiger partial charge in [-0.15, -0.1) is 0 Å². The lowest BCUT2D eigenvalue weighted by Gasteiger charge is -2.29. The molecule has 116 valence electrons. The van der Waals surface area contributed by atoms with E-state index in [-0.39, 0.29) is 18.3 Å². The van der Waals surface area contributed by atoms with Gasteiger partial charge in [-0.2, -0.15) is 0 Å². The highest BCUT2D eigenvalue weighted by Crippen LogP contribution is 2.27. The average molecular weight is 294 g/mol. The molecule has 1 aromatic heterocycles.